The Morgan fingerprint density at radius 1 is 0.957 bits per heavy atom. The van der Waals surface area contributed by atoms with E-state index in [2.05, 4.69) is 15.0 Å². The van der Waals surface area contributed by atoms with Gasteiger partial charge in [-0.2, -0.15) is 0 Å². The lowest BCUT2D eigenvalue weighted by molar-refractivity contribution is 0.356. The van der Waals surface area contributed by atoms with Gasteiger partial charge in [-0.1, -0.05) is 29.4 Å². The highest BCUT2D eigenvalue weighted by molar-refractivity contribution is 5.86. The smallest absolute Gasteiger partial charge is 0.162 e. The summed E-state index contributed by atoms with van der Waals surface area (Å²) in [5.41, 5.74) is 11.8. The highest BCUT2D eigenvalue weighted by Crippen LogP contribution is 2.33. The lowest BCUT2D eigenvalue weighted by Gasteiger charge is -2.10. The molecule has 0 spiro atoms. The first-order valence-corrected chi connectivity index (χ1v) is 6.92. The number of pyridine rings is 1. The fourth-order valence-electron chi connectivity index (χ4n) is 2.39. The average Bonchev–Trinajstić information content (AvgIpc) is 2.61. The molecule has 0 bridgehead atoms. The van der Waals surface area contributed by atoms with Gasteiger partial charge in [-0.25, -0.2) is 0 Å². The molecule has 0 aliphatic heterocycles. The van der Waals surface area contributed by atoms with Gasteiger partial charge < -0.3 is 9.47 Å². The summed E-state index contributed by atoms with van der Waals surface area (Å²) in [5, 5.41) is 4.53. The average molecular weight is 306 g/mol. The van der Waals surface area contributed by atoms with Gasteiger partial charge in [0.25, 0.3) is 0 Å². The number of methoxy groups -OCH3 is 2. The van der Waals surface area contributed by atoms with E-state index in [0.717, 1.165) is 22.0 Å². The molecule has 3 rings (SSSR count). The molecule has 0 saturated heterocycles. The maximum absolute atomic E-state index is 8.44. The third kappa shape index (κ3) is 2.88. The van der Waals surface area contributed by atoms with Gasteiger partial charge in [0.1, 0.15) is 0 Å². The minimum atomic E-state index is 0.580. The van der Waals surface area contributed by atoms with Gasteiger partial charge in [-0.05, 0) is 23.2 Å². The molecule has 0 aliphatic carbocycles. The highest BCUT2D eigenvalue weighted by Gasteiger charge is 2.08. The normalized spacial score (nSPS) is 10.2. The number of hydrogen-bond acceptors (Lipinski definition) is 4. The SMILES string of the molecule is COc1cc2cc(-c3ccc(N=[N+]=[N-])cc3)cnc2cc1OC. The summed E-state index contributed by atoms with van der Waals surface area (Å²) < 4.78 is 10.6. The number of hydrogen-bond donors (Lipinski definition) is 0. The summed E-state index contributed by atoms with van der Waals surface area (Å²) in [5.74, 6) is 1.32. The first-order chi connectivity index (χ1) is 11.2. The molecule has 0 amide bonds. The van der Waals surface area contributed by atoms with Gasteiger partial charge in [0.05, 0.1) is 19.7 Å². The fourth-order valence-corrected chi connectivity index (χ4v) is 2.39. The van der Waals surface area contributed by atoms with E-state index in [-0.39, 0.29) is 0 Å². The first kappa shape index (κ1) is 14.7. The lowest BCUT2D eigenvalue weighted by Crippen LogP contribution is -1.92. The number of azide groups is 1. The molecule has 0 aliphatic rings. The third-order valence-electron chi connectivity index (χ3n) is 3.55. The van der Waals surface area contributed by atoms with E-state index < -0.39 is 0 Å². The molecule has 2 aromatic carbocycles. The Labute approximate surface area is 132 Å². The van der Waals surface area contributed by atoms with Crippen LogP contribution in [0.3, 0.4) is 0 Å². The van der Waals surface area contributed by atoms with Crippen molar-refractivity contribution in [3.8, 4) is 22.6 Å². The largest absolute Gasteiger partial charge is 0.493 e. The van der Waals surface area contributed by atoms with E-state index in [4.69, 9.17) is 15.0 Å². The Morgan fingerprint density at radius 3 is 2.30 bits per heavy atom. The summed E-state index contributed by atoms with van der Waals surface area (Å²) >= 11 is 0. The van der Waals surface area contributed by atoms with E-state index in [9.17, 15) is 0 Å². The van der Waals surface area contributed by atoms with Crippen LogP contribution in [0, 0.1) is 0 Å². The molecule has 0 radical (unpaired) electrons. The molecule has 6 heteroatoms. The maximum Gasteiger partial charge on any atom is 0.162 e. The predicted octanol–water partition coefficient (Wildman–Crippen LogP) is 4.86. The molecule has 1 heterocycles. The van der Waals surface area contributed by atoms with E-state index in [0.29, 0.717) is 17.2 Å². The lowest BCUT2D eigenvalue weighted by atomic mass is 10.0. The van der Waals surface area contributed by atoms with Crippen molar-refractivity contribution in [1.82, 2.24) is 4.98 Å². The summed E-state index contributed by atoms with van der Waals surface area (Å²) in [7, 11) is 3.21. The van der Waals surface area contributed by atoms with E-state index >= 15 is 0 Å². The van der Waals surface area contributed by atoms with Crippen molar-refractivity contribution in [3.05, 3.63) is 59.1 Å². The molecule has 0 saturated carbocycles. The number of ether oxygens (including phenoxy) is 2. The second kappa shape index (κ2) is 6.25. The van der Waals surface area contributed by atoms with E-state index in [1.54, 1.807) is 32.5 Å². The Balaban J connectivity index is 2.06. The number of aromatic nitrogens is 1. The Hall–Kier alpha value is -3.24. The third-order valence-corrected chi connectivity index (χ3v) is 3.55. The number of nitrogens with zero attached hydrogens (tertiary/aromatic N) is 4. The Kier molecular flexibility index (Phi) is 3.99. The van der Waals surface area contributed by atoms with Crippen LogP contribution in [-0.2, 0) is 0 Å². The minimum absolute atomic E-state index is 0.580. The molecule has 0 atom stereocenters. The first-order valence-electron chi connectivity index (χ1n) is 6.92. The molecular formula is C17H14N4O2. The van der Waals surface area contributed by atoms with Crippen molar-refractivity contribution in [2.45, 2.75) is 0 Å². The molecule has 0 unspecified atom stereocenters. The van der Waals surface area contributed by atoms with E-state index in [1.165, 1.54) is 0 Å². The van der Waals surface area contributed by atoms with Crippen LogP contribution in [0.2, 0.25) is 0 Å². The van der Waals surface area contributed by atoms with Crippen LogP contribution in [-0.4, -0.2) is 19.2 Å². The van der Waals surface area contributed by atoms with Crippen LogP contribution in [0.1, 0.15) is 0 Å². The summed E-state index contributed by atoms with van der Waals surface area (Å²) in [4.78, 5) is 7.25. The maximum atomic E-state index is 8.44. The van der Waals surface area contributed by atoms with Crippen LogP contribution in [0.15, 0.2) is 53.8 Å². The van der Waals surface area contributed by atoms with Crippen molar-refractivity contribution in [1.29, 1.82) is 0 Å². The summed E-state index contributed by atoms with van der Waals surface area (Å²) in [6, 6.07) is 13.1. The van der Waals surface area contributed by atoms with Gasteiger partial charge in [-0.3, -0.25) is 4.98 Å². The molecule has 23 heavy (non-hydrogen) atoms. The Bertz CT molecular complexity index is 900. The standard InChI is InChI=1S/C17H14N4O2/c1-22-16-8-12-7-13(10-19-15(12)9-17(16)23-2)11-3-5-14(6-4-11)20-21-18/h3-10H,1-2H3. The molecule has 3 aromatic rings. The molecular weight excluding hydrogens is 292 g/mol. The summed E-state index contributed by atoms with van der Waals surface area (Å²) in [6.07, 6.45) is 1.80. The zero-order valence-corrected chi connectivity index (χ0v) is 12.7. The van der Waals surface area contributed by atoms with Crippen LogP contribution < -0.4 is 9.47 Å². The van der Waals surface area contributed by atoms with Gasteiger partial charge in [0.15, 0.2) is 11.5 Å². The molecule has 0 N–H and O–H groups in total. The number of benzene rings is 2. The minimum Gasteiger partial charge on any atom is -0.493 e. The van der Waals surface area contributed by atoms with Crippen LogP contribution in [0.4, 0.5) is 5.69 Å². The molecule has 6 nitrogen and oxygen atoms in total. The topological polar surface area (TPSA) is 80.1 Å². The zero-order valence-electron chi connectivity index (χ0n) is 12.7. The summed E-state index contributed by atoms with van der Waals surface area (Å²) in [6.45, 7) is 0. The van der Waals surface area contributed by atoms with Crippen molar-refractivity contribution in [2.75, 3.05) is 14.2 Å². The van der Waals surface area contributed by atoms with Crippen molar-refractivity contribution in [3.63, 3.8) is 0 Å². The fraction of sp³-hybridized carbons (Fsp3) is 0.118. The number of fused-ring (bicyclic) bond motifs is 1. The quantitative estimate of drug-likeness (QED) is 0.392. The number of rotatable bonds is 4. The highest BCUT2D eigenvalue weighted by atomic mass is 16.5. The van der Waals surface area contributed by atoms with E-state index in [1.807, 2.05) is 30.3 Å². The van der Waals surface area contributed by atoms with Crippen LogP contribution in [0.25, 0.3) is 32.5 Å². The molecule has 0 fully saturated rings. The van der Waals surface area contributed by atoms with Crippen molar-refractivity contribution >= 4 is 16.6 Å². The zero-order chi connectivity index (χ0) is 16.2. The van der Waals surface area contributed by atoms with Crippen molar-refractivity contribution < 1.29 is 9.47 Å². The van der Waals surface area contributed by atoms with Gasteiger partial charge in [-0.15, -0.1) is 0 Å². The van der Waals surface area contributed by atoms with Gasteiger partial charge in [0, 0.05) is 33.8 Å². The Morgan fingerprint density at radius 2 is 1.65 bits per heavy atom. The molecule has 114 valence electrons. The predicted molar refractivity (Wildman–Crippen MR) is 89.1 cm³/mol. The molecule has 1 aromatic heterocycles. The van der Waals surface area contributed by atoms with Gasteiger partial charge in [0.2, 0.25) is 0 Å². The monoisotopic (exact) mass is 306 g/mol. The van der Waals surface area contributed by atoms with Crippen LogP contribution in [0.5, 0.6) is 11.5 Å². The second-order valence-corrected chi connectivity index (χ2v) is 4.86. The van der Waals surface area contributed by atoms with Crippen LogP contribution >= 0.6 is 0 Å². The van der Waals surface area contributed by atoms with Crippen molar-refractivity contribution in [2.24, 2.45) is 5.11 Å². The second-order valence-electron chi connectivity index (χ2n) is 4.86. The van der Waals surface area contributed by atoms with Gasteiger partial charge >= 0.3 is 0 Å².